The number of H-pyrrole nitrogens is 1. The third-order valence-electron chi connectivity index (χ3n) is 2.44. The predicted octanol–water partition coefficient (Wildman–Crippen LogP) is 1.54. The zero-order valence-electron chi connectivity index (χ0n) is 9.45. The molecule has 0 saturated carbocycles. The number of aromatic nitrogens is 5. The number of rotatable bonds is 2. The summed E-state index contributed by atoms with van der Waals surface area (Å²) in [4.78, 5) is 8.07. The molecule has 7 nitrogen and oxygen atoms in total. The van der Waals surface area contributed by atoms with Crippen LogP contribution in [0.1, 0.15) is 5.56 Å². The van der Waals surface area contributed by atoms with E-state index in [0.29, 0.717) is 17.2 Å². The van der Waals surface area contributed by atoms with Crippen LogP contribution in [0.2, 0.25) is 0 Å². The average Bonchev–Trinajstić information content (AvgIpc) is 3.00. The first kappa shape index (κ1) is 10.5. The van der Waals surface area contributed by atoms with Gasteiger partial charge in [0.25, 0.3) is 5.89 Å². The van der Waals surface area contributed by atoms with E-state index in [9.17, 15) is 5.11 Å². The Labute approximate surface area is 102 Å². The van der Waals surface area contributed by atoms with Gasteiger partial charge in [0.05, 0.1) is 5.56 Å². The molecule has 0 aliphatic heterocycles. The van der Waals surface area contributed by atoms with Gasteiger partial charge in [0.2, 0.25) is 5.82 Å². The van der Waals surface area contributed by atoms with Crippen molar-refractivity contribution in [2.45, 2.75) is 6.92 Å². The van der Waals surface area contributed by atoms with Crippen LogP contribution in [0.3, 0.4) is 0 Å². The van der Waals surface area contributed by atoms with E-state index in [-0.39, 0.29) is 11.6 Å². The highest BCUT2D eigenvalue weighted by molar-refractivity contribution is 5.64. The Hall–Kier alpha value is -2.70. The van der Waals surface area contributed by atoms with Gasteiger partial charge >= 0.3 is 0 Å². The minimum absolute atomic E-state index is 0.0911. The fourth-order valence-corrected chi connectivity index (χ4v) is 1.56. The number of aryl methyl sites for hydroxylation is 1. The number of phenolic OH excluding ortho intramolecular Hbond substituents is 1. The molecule has 0 amide bonds. The summed E-state index contributed by atoms with van der Waals surface area (Å²) in [5, 5.41) is 19.9. The molecular formula is C11H9N5O2. The van der Waals surface area contributed by atoms with E-state index < -0.39 is 0 Å². The average molecular weight is 243 g/mol. The summed E-state index contributed by atoms with van der Waals surface area (Å²) in [6, 6.07) is 5.16. The highest BCUT2D eigenvalue weighted by Crippen LogP contribution is 2.29. The largest absolute Gasteiger partial charge is 0.507 e. The van der Waals surface area contributed by atoms with E-state index in [1.54, 1.807) is 18.2 Å². The van der Waals surface area contributed by atoms with Gasteiger partial charge in [-0.2, -0.15) is 10.1 Å². The summed E-state index contributed by atoms with van der Waals surface area (Å²) >= 11 is 0. The van der Waals surface area contributed by atoms with Crippen molar-refractivity contribution in [3.05, 3.63) is 30.1 Å². The van der Waals surface area contributed by atoms with Crippen molar-refractivity contribution in [3.8, 4) is 28.9 Å². The third-order valence-corrected chi connectivity index (χ3v) is 2.44. The van der Waals surface area contributed by atoms with Crippen LogP contribution in [0.15, 0.2) is 29.0 Å². The lowest BCUT2D eigenvalue weighted by atomic mass is 10.1. The van der Waals surface area contributed by atoms with E-state index in [2.05, 4.69) is 25.3 Å². The smallest absolute Gasteiger partial charge is 0.262 e. The van der Waals surface area contributed by atoms with E-state index >= 15 is 0 Å². The van der Waals surface area contributed by atoms with Crippen LogP contribution >= 0.6 is 0 Å². The summed E-state index contributed by atoms with van der Waals surface area (Å²) < 4.78 is 5.10. The van der Waals surface area contributed by atoms with Gasteiger partial charge in [-0.15, -0.1) is 0 Å². The lowest BCUT2D eigenvalue weighted by Crippen LogP contribution is -1.84. The van der Waals surface area contributed by atoms with E-state index in [4.69, 9.17) is 4.52 Å². The van der Waals surface area contributed by atoms with E-state index in [1.807, 2.05) is 6.92 Å². The predicted molar refractivity (Wildman–Crippen MR) is 61.5 cm³/mol. The molecule has 7 heteroatoms. The molecule has 0 aliphatic rings. The number of aromatic hydroxyl groups is 1. The van der Waals surface area contributed by atoms with Gasteiger partial charge in [0, 0.05) is 0 Å². The Balaban J connectivity index is 2.05. The van der Waals surface area contributed by atoms with Crippen molar-refractivity contribution in [2.24, 2.45) is 0 Å². The first-order valence-electron chi connectivity index (χ1n) is 5.23. The van der Waals surface area contributed by atoms with Crippen LogP contribution in [-0.4, -0.2) is 30.4 Å². The molecule has 0 unspecified atom stereocenters. The number of nitrogens with one attached hydrogen (secondary N) is 1. The number of hydrogen-bond acceptors (Lipinski definition) is 6. The molecule has 0 bridgehead atoms. The maximum Gasteiger partial charge on any atom is 0.262 e. The fraction of sp³-hybridized carbons (Fsp3) is 0.0909. The first-order valence-corrected chi connectivity index (χ1v) is 5.23. The van der Waals surface area contributed by atoms with Crippen LogP contribution in [0, 0.1) is 6.92 Å². The monoisotopic (exact) mass is 243 g/mol. The molecule has 0 atom stereocenters. The van der Waals surface area contributed by atoms with Crippen LogP contribution in [-0.2, 0) is 0 Å². The summed E-state index contributed by atoms with van der Waals surface area (Å²) in [7, 11) is 0. The second-order valence-electron chi connectivity index (χ2n) is 3.78. The standard InChI is InChI=1S/C11H9N5O2/c1-6-2-3-8(17)7(4-6)11-14-10(16-18-11)9-12-5-13-15-9/h2-5,17H,1H3,(H,12,13,15). The molecule has 90 valence electrons. The maximum atomic E-state index is 9.76. The Bertz CT molecular complexity index is 675. The number of phenols is 1. The quantitative estimate of drug-likeness (QED) is 0.707. The van der Waals surface area contributed by atoms with Gasteiger partial charge in [-0.25, -0.2) is 4.98 Å². The highest BCUT2D eigenvalue weighted by Gasteiger charge is 2.15. The zero-order valence-corrected chi connectivity index (χ0v) is 9.45. The maximum absolute atomic E-state index is 9.76. The van der Waals surface area contributed by atoms with Gasteiger partial charge in [-0.05, 0) is 19.1 Å². The molecule has 3 aromatic rings. The molecule has 0 radical (unpaired) electrons. The molecule has 1 aromatic carbocycles. The fourth-order valence-electron chi connectivity index (χ4n) is 1.56. The normalized spacial score (nSPS) is 10.7. The van der Waals surface area contributed by atoms with Crippen LogP contribution in [0.4, 0.5) is 0 Å². The summed E-state index contributed by atoms with van der Waals surface area (Å²) in [6.45, 7) is 1.91. The van der Waals surface area contributed by atoms with E-state index in [0.717, 1.165) is 5.56 Å². The van der Waals surface area contributed by atoms with Gasteiger partial charge in [-0.3, -0.25) is 5.10 Å². The minimum Gasteiger partial charge on any atom is -0.507 e. The SMILES string of the molecule is Cc1ccc(O)c(-c2nc(-c3ncn[nH]3)no2)c1. The van der Waals surface area contributed by atoms with Crippen LogP contribution < -0.4 is 0 Å². The van der Waals surface area contributed by atoms with Gasteiger partial charge in [0.1, 0.15) is 12.1 Å². The van der Waals surface area contributed by atoms with Crippen molar-refractivity contribution in [1.82, 2.24) is 25.3 Å². The first-order chi connectivity index (χ1) is 8.74. The molecule has 0 aliphatic carbocycles. The van der Waals surface area contributed by atoms with Gasteiger partial charge in [-0.1, -0.05) is 16.8 Å². The number of hydrogen-bond donors (Lipinski definition) is 2. The second-order valence-corrected chi connectivity index (χ2v) is 3.78. The Morgan fingerprint density at radius 2 is 2.22 bits per heavy atom. The molecule has 3 rings (SSSR count). The van der Waals surface area contributed by atoms with Crippen molar-refractivity contribution >= 4 is 0 Å². The van der Waals surface area contributed by atoms with Crippen molar-refractivity contribution in [2.75, 3.05) is 0 Å². The topological polar surface area (TPSA) is 101 Å². The molecule has 0 saturated heterocycles. The lowest BCUT2D eigenvalue weighted by Gasteiger charge is -1.99. The van der Waals surface area contributed by atoms with E-state index in [1.165, 1.54) is 6.33 Å². The molecule has 0 spiro atoms. The number of nitrogens with zero attached hydrogens (tertiary/aromatic N) is 4. The van der Waals surface area contributed by atoms with Crippen LogP contribution in [0.25, 0.3) is 23.1 Å². The second kappa shape index (κ2) is 3.95. The zero-order chi connectivity index (χ0) is 12.5. The Morgan fingerprint density at radius 1 is 1.33 bits per heavy atom. The molecule has 2 N–H and O–H groups in total. The molecule has 2 heterocycles. The molecular weight excluding hydrogens is 234 g/mol. The summed E-state index contributed by atoms with van der Waals surface area (Å²) in [6.07, 6.45) is 1.36. The minimum atomic E-state index is 0.0911. The molecule has 18 heavy (non-hydrogen) atoms. The highest BCUT2D eigenvalue weighted by atomic mass is 16.5. The van der Waals surface area contributed by atoms with Crippen molar-refractivity contribution in [3.63, 3.8) is 0 Å². The number of benzene rings is 1. The Kier molecular flexibility index (Phi) is 2.30. The van der Waals surface area contributed by atoms with Gasteiger partial charge in [0.15, 0.2) is 5.82 Å². The van der Waals surface area contributed by atoms with Crippen LogP contribution in [0.5, 0.6) is 5.75 Å². The Morgan fingerprint density at radius 3 is 3.00 bits per heavy atom. The summed E-state index contributed by atoms with van der Waals surface area (Å²) in [5.41, 5.74) is 1.48. The molecule has 0 fully saturated rings. The van der Waals surface area contributed by atoms with Gasteiger partial charge < -0.3 is 9.63 Å². The van der Waals surface area contributed by atoms with Crippen molar-refractivity contribution < 1.29 is 9.63 Å². The lowest BCUT2D eigenvalue weighted by molar-refractivity contribution is 0.425. The van der Waals surface area contributed by atoms with Crippen molar-refractivity contribution in [1.29, 1.82) is 0 Å². The summed E-state index contributed by atoms with van der Waals surface area (Å²) in [5.74, 6) is 1.04. The number of aromatic amines is 1. The third kappa shape index (κ3) is 1.71. The molecule has 2 aromatic heterocycles.